The molecule has 1 N–H and O–H groups in total. The van der Waals surface area contributed by atoms with E-state index in [0.29, 0.717) is 12.7 Å². The van der Waals surface area contributed by atoms with Crippen LogP contribution in [0.25, 0.3) is 0 Å². The Labute approximate surface area is 184 Å². The molecule has 3 aliphatic rings. The van der Waals surface area contributed by atoms with Crippen LogP contribution in [0.2, 0.25) is 0 Å². The van der Waals surface area contributed by atoms with Gasteiger partial charge in [-0.05, 0) is 42.5 Å². The summed E-state index contributed by atoms with van der Waals surface area (Å²) in [6.45, 7) is 3.23. The molecule has 0 spiro atoms. The number of hydrogen-bond acceptors (Lipinski definition) is 4. The zero-order chi connectivity index (χ0) is 21.3. The molecule has 5 rings (SSSR count). The SMILES string of the molecule is CN=C(NCC1(c2ccc3c(c2)OCO3)CCCCC1)N1CCC(c2cnn(C)c2)C1. The van der Waals surface area contributed by atoms with Crippen LogP contribution in [0.4, 0.5) is 0 Å². The number of fused-ring (bicyclic) bond motifs is 1. The quantitative estimate of drug-likeness (QED) is 0.603. The van der Waals surface area contributed by atoms with E-state index < -0.39 is 0 Å². The van der Waals surface area contributed by atoms with Gasteiger partial charge in [0.05, 0.1) is 6.20 Å². The second-order valence-corrected chi connectivity index (χ2v) is 9.19. The van der Waals surface area contributed by atoms with Crippen LogP contribution in [0.1, 0.15) is 55.6 Å². The Kier molecular flexibility index (Phi) is 5.50. The molecule has 1 aliphatic carbocycles. The van der Waals surface area contributed by atoms with Gasteiger partial charge in [0, 0.05) is 51.3 Å². The maximum absolute atomic E-state index is 5.68. The predicted octanol–water partition coefficient (Wildman–Crippen LogP) is 3.42. The lowest BCUT2D eigenvalue weighted by Crippen LogP contribution is -2.47. The Bertz CT molecular complexity index is 947. The highest BCUT2D eigenvalue weighted by atomic mass is 16.7. The van der Waals surface area contributed by atoms with E-state index in [1.807, 2.05) is 25.0 Å². The predicted molar refractivity (Wildman–Crippen MR) is 121 cm³/mol. The summed E-state index contributed by atoms with van der Waals surface area (Å²) < 4.78 is 13.1. The van der Waals surface area contributed by atoms with Gasteiger partial charge in [-0.15, -0.1) is 0 Å². The second-order valence-electron chi connectivity index (χ2n) is 9.19. The lowest BCUT2D eigenvalue weighted by molar-refractivity contribution is 0.174. The lowest BCUT2D eigenvalue weighted by atomic mass is 9.69. The number of likely N-dealkylation sites (tertiary alicyclic amines) is 1. The molecular weight excluding hydrogens is 390 g/mol. The third-order valence-electron chi connectivity index (χ3n) is 7.28. The monoisotopic (exact) mass is 423 g/mol. The number of hydrogen-bond donors (Lipinski definition) is 1. The number of nitrogens with zero attached hydrogens (tertiary/aromatic N) is 4. The molecule has 7 nitrogen and oxygen atoms in total. The first-order valence-corrected chi connectivity index (χ1v) is 11.5. The van der Waals surface area contributed by atoms with E-state index in [9.17, 15) is 0 Å². The first-order valence-electron chi connectivity index (χ1n) is 11.5. The fourth-order valence-corrected chi connectivity index (χ4v) is 5.48. The van der Waals surface area contributed by atoms with Crippen molar-refractivity contribution in [2.75, 3.05) is 33.5 Å². The van der Waals surface area contributed by atoms with Gasteiger partial charge >= 0.3 is 0 Å². The summed E-state index contributed by atoms with van der Waals surface area (Å²) in [4.78, 5) is 7.03. The van der Waals surface area contributed by atoms with E-state index in [1.54, 1.807) is 0 Å². The molecule has 31 heavy (non-hydrogen) atoms. The van der Waals surface area contributed by atoms with Crippen LogP contribution in [-0.2, 0) is 12.5 Å². The van der Waals surface area contributed by atoms with Crippen molar-refractivity contribution in [2.24, 2.45) is 12.0 Å². The van der Waals surface area contributed by atoms with Gasteiger partial charge in [-0.2, -0.15) is 5.10 Å². The number of aryl methyl sites for hydroxylation is 1. The topological polar surface area (TPSA) is 63.9 Å². The largest absolute Gasteiger partial charge is 0.454 e. The average Bonchev–Trinajstić information content (AvgIpc) is 3.55. The first kappa shape index (κ1) is 20.2. The smallest absolute Gasteiger partial charge is 0.231 e. The minimum atomic E-state index is 0.109. The van der Waals surface area contributed by atoms with Crippen LogP contribution in [0.15, 0.2) is 35.6 Å². The van der Waals surface area contributed by atoms with Crippen LogP contribution >= 0.6 is 0 Å². The fourth-order valence-electron chi connectivity index (χ4n) is 5.48. The van der Waals surface area contributed by atoms with Gasteiger partial charge < -0.3 is 19.7 Å². The zero-order valence-electron chi connectivity index (χ0n) is 18.6. The molecule has 1 saturated heterocycles. The van der Waals surface area contributed by atoms with Crippen molar-refractivity contribution in [1.29, 1.82) is 0 Å². The Morgan fingerprint density at radius 3 is 2.84 bits per heavy atom. The standard InChI is InChI=1S/C24H33N5O2/c1-25-23(29-11-8-18(15-29)19-13-27-28(2)14-19)26-16-24(9-4-3-5-10-24)20-6-7-21-22(12-20)31-17-30-21/h6-7,12-14,18H,3-5,8-11,15-17H2,1-2H3,(H,25,26). The molecule has 1 unspecified atom stereocenters. The van der Waals surface area contributed by atoms with Crippen LogP contribution in [0.5, 0.6) is 11.5 Å². The highest BCUT2D eigenvalue weighted by molar-refractivity contribution is 5.80. The molecule has 1 aromatic carbocycles. The zero-order valence-corrected chi connectivity index (χ0v) is 18.6. The molecule has 166 valence electrons. The van der Waals surface area contributed by atoms with E-state index in [4.69, 9.17) is 9.47 Å². The lowest BCUT2D eigenvalue weighted by Gasteiger charge is -2.39. The van der Waals surface area contributed by atoms with Crippen LogP contribution in [-0.4, -0.2) is 54.1 Å². The fraction of sp³-hybridized carbons (Fsp3) is 0.583. The van der Waals surface area contributed by atoms with Crippen molar-refractivity contribution in [3.63, 3.8) is 0 Å². The summed E-state index contributed by atoms with van der Waals surface area (Å²) in [5.41, 5.74) is 2.79. The molecule has 1 aromatic heterocycles. The molecular formula is C24H33N5O2. The molecule has 3 heterocycles. The highest BCUT2D eigenvalue weighted by Crippen LogP contribution is 2.43. The molecule has 0 bridgehead atoms. The summed E-state index contributed by atoms with van der Waals surface area (Å²) in [6.07, 6.45) is 11.5. The van der Waals surface area contributed by atoms with E-state index in [1.165, 1.54) is 43.2 Å². The Balaban J connectivity index is 1.30. The summed E-state index contributed by atoms with van der Waals surface area (Å²) >= 11 is 0. The minimum absolute atomic E-state index is 0.109. The van der Waals surface area contributed by atoms with Gasteiger partial charge in [-0.1, -0.05) is 25.3 Å². The van der Waals surface area contributed by atoms with Crippen molar-refractivity contribution >= 4 is 5.96 Å². The summed E-state index contributed by atoms with van der Waals surface area (Å²) in [5.74, 6) is 3.27. The molecule has 1 saturated carbocycles. The van der Waals surface area contributed by atoms with E-state index >= 15 is 0 Å². The van der Waals surface area contributed by atoms with Crippen molar-refractivity contribution in [1.82, 2.24) is 20.0 Å². The molecule has 2 fully saturated rings. The molecule has 2 aliphatic heterocycles. The van der Waals surface area contributed by atoms with Gasteiger partial charge in [0.1, 0.15) is 0 Å². The molecule has 0 amide bonds. The van der Waals surface area contributed by atoms with Crippen LogP contribution < -0.4 is 14.8 Å². The average molecular weight is 424 g/mol. The van der Waals surface area contributed by atoms with Crippen molar-refractivity contribution in [3.8, 4) is 11.5 Å². The van der Waals surface area contributed by atoms with Gasteiger partial charge in [-0.3, -0.25) is 9.67 Å². The Morgan fingerprint density at radius 2 is 2.06 bits per heavy atom. The summed E-state index contributed by atoms with van der Waals surface area (Å²) in [7, 11) is 3.88. The highest BCUT2D eigenvalue weighted by Gasteiger charge is 2.36. The molecule has 7 heteroatoms. The Morgan fingerprint density at radius 1 is 1.23 bits per heavy atom. The molecule has 1 atom stereocenters. The van der Waals surface area contributed by atoms with Gasteiger partial charge in [0.15, 0.2) is 17.5 Å². The summed E-state index contributed by atoms with van der Waals surface area (Å²) in [5, 5.41) is 8.10. The number of nitrogens with one attached hydrogen (secondary N) is 1. The van der Waals surface area contributed by atoms with Gasteiger partial charge in [-0.25, -0.2) is 0 Å². The van der Waals surface area contributed by atoms with Crippen molar-refractivity contribution < 1.29 is 9.47 Å². The second kappa shape index (κ2) is 8.44. The Hall–Kier alpha value is -2.70. The normalized spacial score (nSPS) is 22.7. The third kappa shape index (κ3) is 3.98. The van der Waals surface area contributed by atoms with E-state index in [2.05, 4.69) is 44.7 Å². The van der Waals surface area contributed by atoms with Gasteiger partial charge in [0.25, 0.3) is 0 Å². The van der Waals surface area contributed by atoms with Gasteiger partial charge in [0.2, 0.25) is 6.79 Å². The van der Waals surface area contributed by atoms with Crippen molar-refractivity contribution in [2.45, 2.75) is 49.9 Å². The summed E-state index contributed by atoms with van der Waals surface area (Å²) in [6, 6.07) is 6.51. The number of ether oxygens (including phenoxy) is 2. The number of aliphatic imine (C=N–C) groups is 1. The third-order valence-corrected chi connectivity index (χ3v) is 7.28. The van der Waals surface area contributed by atoms with E-state index in [-0.39, 0.29) is 5.41 Å². The molecule has 0 radical (unpaired) electrons. The van der Waals surface area contributed by atoms with Crippen LogP contribution in [0.3, 0.4) is 0 Å². The van der Waals surface area contributed by atoms with Crippen LogP contribution in [0, 0.1) is 0 Å². The number of benzene rings is 1. The maximum atomic E-state index is 5.68. The maximum Gasteiger partial charge on any atom is 0.231 e. The minimum Gasteiger partial charge on any atom is -0.454 e. The number of guanidine groups is 1. The van der Waals surface area contributed by atoms with E-state index in [0.717, 1.165) is 43.5 Å². The van der Waals surface area contributed by atoms with Crippen molar-refractivity contribution in [3.05, 3.63) is 41.7 Å². The molecule has 2 aromatic rings. The first-order chi connectivity index (χ1) is 15.2. The number of rotatable bonds is 4. The number of aromatic nitrogens is 2.